The smallest absolute Gasteiger partial charge is 0.261 e. The van der Waals surface area contributed by atoms with Crippen LogP contribution in [0, 0.1) is 6.92 Å². The van der Waals surface area contributed by atoms with Crippen LogP contribution in [0.3, 0.4) is 0 Å². The normalized spacial score (nSPS) is 11.8. The van der Waals surface area contributed by atoms with E-state index < -0.39 is 10.0 Å². The van der Waals surface area contributed by atoms with Gasteiger partial charge in [0.15, 0.2) is 10.1 Å². The number of carbonyl (C=O) groups excluding carboxylic acids is 1. The molecule has 0 bridgehead atoms. The van der Waals surface area contributed by atoms with Gasteiger partial charge >= 0.3 is 0 Å². The molecule has 5 aromatic rings. The number of Topliss-reactive ketones (excluding diaryl/α,β-unsaturated/α-hetero) is 1. The number of rotatable bonds is 6. The van der Waals surface area contributed by atoms with E-state index in [0.717, 1.165) is 14.6 Å². The van der Waals surface area contributed by atoms with Crippen LogP contribution < -0.4 is 4.72 Å². The van der Waals surface area contributed by atoms with Gasteiger partial charge in [0.1, 0.15) is 11.3 Å². The predicted octanol–water partition coefficient (Wildman–Crippen LogP) is 6.51. The number of sulfonamides is 1. The fourth-order valence-corrected chi connectivity index (χ4v) is 6.89. The Morgan fingerprint density at radius 2 is 1.79 bits per heavy atom. The van der Waals surface area contributed by atoms with Crippen molar-refractivity contribution in [1.82, 2.24) is 4.98 Å². The number of para-hydroxylation sites is 1. The maximum absolute atomic E-state index is 12.9. The number of aryl methyl sites for hydroxylation is 1. The lowest BCUT2D eigenvalue weighted by Crippen LogP contribution is -2.12. The number of hydrogen-bond donors (Lipinski definition) is 1. The second-order valence-electron chi connectivity index (χ2n) is 7.41. The Kier molecular flexibility index (Phi) is 5.48. The molecule has 0 unspecified atom stereocenters. The summed E-state index contributed by atoms with van der Waals surface area (Å²) in [6.45, 7) is 3.20. The summed E-state index contributed by atoms with van der Waals surface area (Å²) in [6, 6.07) is 19.3. The molecule has 0 saturated carbocycles. The summed E-state index contributed by atoms with van der Waals surface area (Å²) in [4.78, 5) is 17.8. The molecule has 2 heterocycles. The average molecular weight is 495 g/mol. The minimum Gasteiger partial charge on any atom is -0.459 e. The zero-order valence-electron chi connectivity index (χ0n) is 17.7. The summed E-state index contributed by atoms with van der Waals surface area (Å²) in [6.07, 6.45) is 0. The summed E-state index contributed by atoms with van der Waals surface area (Å²) in [5.74, 6) is 0.344. The molecule has 0 spiro atoms. The van der Waals surface area contributed by atoms with Crippen LogP contribution in [0.5, 0.6) is 0 Å². The van der Waals surface area contributed by atoms with E-state index in [2.05, 4.69) is 9.71 Å². The molecule has 0 aliphatic rings. The van der Waals surface area contributed by atoms with E-state index >= 15 is 0 Å². The van der Waals surface area contributed by atoms with Gasteiger partial charge in [-0.3, -0.25) is 9.52 Å². The van der Waals surface area contributed by atoms with E-state index in [4.69, 9.17) is 4.42 Å². The van der Waals surface area contributed by atoms with E-state index in [-0.39, 0.29) is 10.7 Å². The molecule has 166 valence electrons. The Morgan fingerprint density at radius 3 is 2.52 bits per heavy atom. The third kappa shape index (κ3) is 4.15. The van der Waals surface area contributed by atoms with E-state index in [1.807, 2.05) is 24.3 Å². The minimum atomic E-state index is -3.81. The van der Waals surface area contributed by atoms with Crippen molar-refractivity contribution in [2.45, 2.75) is 28.0 Å². The van der Waals surface area contributed by atoms with Gasteiger partial charge in [0, 0.05) is 5.39 Å². The molecule has 9 heteroatoms. The number of carbonyl (C=O) groups is 1. The number of furan rings is 1. The quantitative estimate of drug-likeness (QED) is 0.271. The van der Waals surface area contributed by atoms with Crippen LogP contribution >= 0.6 is 23.1 Å². The lowest BCUT2D eigenvalue weighted by Gasteiger charge is -2.10. The summed E-state index contributed by atoms with van der Waals surface area (Å²) in [7, 11) is -3.81. The van der Waals surface area contributed by atoms with Crippen molar-refractivity contribution in [3.05, 3.63) is 78.1 Å². The Morgan fingerprint density at radius 1 is 1.06 bits per heavy atom. The fraction of sp³-hybridized carbons (Fsp3) is 0.0833. The van der Waals surface area contributed by atoms with Crippen LogP contribution in [0.2, 0.25) is 0 Å². The molecular weight excluding hydrogens is 476 g/mol. The highest BCUT2D eigenvalue weighted by Gasteiger charge is 2.22. The van der Waals surface area contributed by atoms with Crippen molar-refractivity contribution in [2.75, 3.05) is 4.72 Å². The Balaban J connectivity index is 1.64. The van der Waals surface area contributed by atoms with Crippen molar-refractivity contribution in [2.24, 2.45) is 0 Å². The predicted molar refractivity (Wildman–Crippen MR) is 132 cm³/mol. The molecule has 0 atom stereocenters. The molecule has 0 aliphatic carbocycles. The third-order valence-corrected chi connectivity index (χ3v) is 8.58. The first kappa shape index (κ1) is 21.7. The van der Waals surface area contributed by atoms with Gasteiger partial charge < -0.3 is 4.42 Å². The van der Waals surface area contributed by atoms with Crippen LogP contribution in [0.1, 0.15) is 23.0 Å². The zero-order chi connectivity index (χ0) is 23.2. The first-order valence-electron chi connectivity index (χ1n) is 10.0. The third-order valence-electron chi connectivity index (χ3n) is 5.06. The molecule has 0 saturated heterocycles. The van der Waals surface area contributed by atoms with Crippen LogP contribution in [0.15, 0.2) is 85.3 Å². The van der Waals surface area contributed by atoms with E-state index in [1.165, 1.54) is 42.2 Å². The van der Waals surface area contributed by atoms with Gasteiger partial charge in [0.25, 0.3) is 10.0 Å². The van der Waals surface area contributed by atoms with Crippen molar-refractivity contribution in [3.8, 4) is 0 Å². The van der Waals surface area contributed by atoms with Crippen LogP contribution in [0.25, 0.3) is 21.2 Å². The monoisotopic (exact) mass is 494 g/mol. The minimum absolute atomic E-state index is 0.148. The first-order chi connectivity index (χ1) is 15.8. The number of aromatic nitrogens is 1. The lowest BCUT2D eigenvalue weighted by molar-refractivity contribution is 0.101. The van der Waals surface area contributed by atoms with Crippen molar-refractivity contribution in [1.29, 1.82) is 0 Å². The average Bonchev–Trinajstić information content (AvgIpc) is 3.33. The number of fused-ring (bicyclic) bond motifs is 2. The topological polar surface area (TPSA) is 89.3 Å². The van der Waals surface area contributed by atoms with E-state index in [9.17, 15) is 13.2 Å². The number of benzene rings is 3. The Hall–Kier alpha value is -3.14. The first-order valence-corrected chi connectivity index (χ1v) is 13.1. The Labute approximate surface area is 198 Å². The molecule has 5 rings (SSSR count). The molecule has 33 heavy (non-hydrogen) atoms. The molecule has 1 N–H and O–H groups in total. The van der Waals surface area contributed by atoms with Crippen LogP contribution in [-0.4, -0.2) is 19.2 Å². The van der Waals surface area contributed by atoms with Gasteiger partial charge in [-0.25, -0.2) is 13.4 Å². The SMILES string of the molecule is CC(=O)c1c(C)oc2c(Sc3nc4ccccc4s3)cc(NS(=O)(=O)c3ccccc3)cc12. The molecule has 3 aromatic carbocycles. The molecule has 0 radical (unpaired) electrons. The second kappa shape index (κ2) is 8.33. The van der Waals surface area contributed by atoms with Gasteiger partial charge in [-0.15, -0.1) is 11.3 Å². The second-order valence-corrected chi connectivity index (χ2v) is 11.4. The maximum atomic E-state index is 12.9. The van der Waals surface area contributed by atoms with Crippen molar-refractivity contribution < 1.29 is 17.6 Å². The molecule has 0 fully saturated rings. The number of anilines is 1. The van der Waals surface area contributed by atoms with Crippen LogP contribution in [-0.2, 0) is 10.0 Å². The summed E-state index contributed by atoms with van der Waals surface area (Å²) in [5.41, 5.74) is 2.21. The Bertz CT molecular complexity index is 1590. The zero-order valence-corrected chi connectivity index (χ0v) is 20.1. The van der Waals surface area contributed by atoms with Gasteiger partial charge in [-0.2, -0.15) is 0 Å². The summed E-state index contributed by atoms with van der Waals surface area (Å²) in [5, 5.41) is 0.567. The molecule has 0 amide bonds. The van der Waals surface area contributed by atoms with Gasteiger partial charge in [0.2, 0.25) is 0 Å². The highest BCUT2D eigenvalue weighted by atomic mass is 32.2. The molecule has 0 aliphatic heterocycles. The highest BCUT2D eigenvalue weighted by Crippen LogP contribution is 2.42. The van der Waals surface area contributed by atoms with Crippen molar-refractivity contribution >= 4 is 65.8 Å². The van der Waals surface area contributed by atoms with Crippen LogP contribution in [0.4, 0.5) is 5.69 Å². The molecule has 2 aromatic heterocycles. The van der Waals surface area contributed by atoms with E-state index in [0.29, 0.717) is 32.9 Å². The standard InChI is InChI=1S/C24H18N2O4S3/c1-14(27)22-15(2)30-23-18(22)12-16(26-33(28,29)17-8-4-3-5-9-17)13-21(23)32-24-25-19-10-6-7-11-20(19)31-24/h3-13,26H,1-2H3. The fourth-order valence-electron chi connectivity index (χ4n) is 3.66. The summed E-state index contributed by atoms with van der Waals surface area (Å²) >= 11 is 2.92. The summed E-state index contributed by atoms with van der Waals surface area (Å²) < 4.78 is 36.3. The number of hydrogen-bond acceptors (Lipinski definition) is 7. The number of ketones is 1. The maximum Gasteiger partial charge on any atom is 0.261 e. The number of nitrogens with one attached hydrogen (secondary N) is 1. The lowest BCUT2D eigenvalue weighted by atomic mass is 10.1. The number of thiazole rings is 1. The van der Waals surface area contributed by atoms with Gasteiger partial charge in [-0.1, -0.05) is 42.1 Å². The van der Waals surface area contributed by atoms with Gasteiger partial charge in [-0.05, 0) is 50.2 Å². The largest absolute Gasteiger partial charge is 0.459 e. The van der Waals surface area contributed by atoms with Gasteiger partial charge in [0.05, 0.1) is 31.3 Å². The molecular formula is C24H18N2O4S3. The van der Waals surface area contributed by atoms with E-state index in [1.54, 1.807) is 37.3 Å². The van der Waals surface area contributed by atoms with Crippen molar-refractivity contribution in [3.63, 3.8) is 0 Å². The highest BCUT2D eigenvalue weighted by molar-refractivity contribution is 8.01. The molecule has 6 nitrogen and oxygen atoms in total. The number of nitrogens with zero attached hydrogens (tertiary/aromatic N) is 1.